The van der Waals surface area contributed by atoms with E-state index in [1.165, 1.54) is 17.3 Å². The van der Waals surface area contributed by atoms with E-state index in [4.69, 9.17) is 5.73 Å². The Morgan fingerprint density at radius 1 is 1.42 bits per heavy atom. The lowest BCUT2D eigenvalue weighted by molar-refractivity contribution is -0.120. The SMILES string of the molecule is Nc1cn2ccnc2c(N(CC(F)(F)F)C2CC2)n1. The van der Waals surface area contributed by atoms with Crippen molar-refractivity contribution in [2.24, 2.45) is 0 Å². The molecule has 1 aliphatic rings. The van der Waals surface area contributed by atoms with Crippen LogP contribution in [0.25, 0.3) is 5.65 Å². The first kappa shape index (κ1) is 12.1. The van der Waals surface area contributed by atoms with Crippen molar-refractivity contribution in [1.29, 1.82) is 0 Å². The fraction of sp³-hybridized carbons (Fsp3) is 0.455. The van der Waals surface area contributed by atoms with Crippen LogP contribution in [0, 0.1) is 0 Å². The Balaban J connectivity index is 2.06. The van der Waals surface area contributed by atoms with Gasteiger partial charge in [-0.25, -0.2) is 9.97 Å². The molecule has 3 rings (SSSR count). The fourth-order valence-corrected chi connectivity index (χ4v) is 2.08. The molecule has 2 heterocycles. The third-order valence-corrected chi connectivity index (χ3v) is 2.98. The monoisotopic (exact) mass is 271 g/mol. The number of aromatic nitrogens is 3. The van der Waals surface area contributed by atoms with E-state index in [9.17, 15) is 13.2 Å². The van der Waals surface area contributed by atoms with Crippen LogP contribution in [0.1, 0.15) is 12.8 Å². The zero-order valence-electron chi connectivity index (χ0n) is 9.93. The van der Waals surface area contributed by atoms with Crippen molar-refractivity contribution in [3.8, 4) is 0 Å². The molecule has 2 aromatic rings. The summed E-state index contributed by atoms with van der Waals surface area (Å²) < 4.78 is 39.6. The van der Waals surface area contributed by atoms with Crippen LogP contribution in [0.5, 0.6) is 0 Å². The zero-order valence-corrected chi connectivity index (χ0v) is 9.93. The fourth-order valence-electron chi connectivity index (χ4n) is 2.08. The number of fused-ring (bicyclic) bond motifs is 1. The van der Waals surface area contributed by atoms with Gasteiger partial charge >= 0.3 is 6.18 Å². The molecule has 0 atom stereocenters. The van der Waals surface area contributed by atoms with Crippen molar-refractivity contribution >= 4 is 17.3 Å². The van der Waals surface area contributed by atoms with Crippen molar-refractivity contribution in [3.63, 3.8) is 0 Å². The zero-order chi connectivity index (χ0) is 13.6. The maximum atomic E-state index is 12.7. The average molecular weight is 271 g/mol. The normalized spacial score (nSPS) is 15.9. The van der Waals surface area contributed by atoms with Gasteiger partial charge in [-0.3, -0.25) is 0 Å². The van der Waals surface area contributed by atoms with Crippen molar-refractivity contribution in [1.82, 2.24) is 14.4 Å². The molecule has 5 nitrogen and oxygen atoms in total. The van der Waals surface area contributed by atoms with Crippen molar-refractivity contribution in [3.05, 3.63) is 18.6 Å². The largest absolute Gasteiger partial charge is 0.405 e. The van der Waals surface area contributed by atoms with E-state index in [0.717, 1.165) is 12.8 Å². The molecular weight excluding hydrogens is 259 g/mol. The van der Waals surface area contributed by atoms with E-state index in [1.54, 1.807) is 10.6 Å². The molecule has 1 saturated carbocycles. The van der Waals surface area contributed by atoms with Crippen LogP contribution in [0.3, 0.4) is 0 Å². The summed E-state index contributed by atoms with van der Waals surface area (Å²) in [5, 5.41) is 0. The van der Waals surface area contributed by atoms with Crippen LogP contribution in [0.2, 0.25) is 0 Å². The molecule has 0 spiro atoms. The molecule has 0 bridgehead atoms. The summed E-state index contributed by atoms with van der Waals surface area (Å²) in [6.07, 6.45) is 1.87. The smallest absolute Gasteiger partial charge is 0.382 e. The third kappa shape index (κ3) is 2.42. The van der Waals surface area contributed by atoms with Gasteiger partial charge in [0, 0.05) is 18.4 Å². The number of rotatable bonds is 3. The lowest BCUT2D eigenvalue weighted by Crippen LogP contribution is -2.37. The van der Waals surface area contributed by atoms with E-state index < -0.39 is 12.7 Å². The minimum absolute atomic E-state index is 0.128. The number of nitrogens with two attached hydrogens (primary N) is 1. The lowest BCUT2D eigenvalue weighted by Gasteiger charge is -2.25. The predicted molar refractivity (Wildman–Crippen MR) is 63.8 cm³/mol. The number of imidazole rings is 1. The maximum absolute atomic E-state index is 12.7. The van der Waals surface area contributed by atoms with Gasteiger partial charge in [-0.1, -0.05) is 0 Å². The number of anilines is 2. The molecule has 1 aliphatic carbocycles. The highest BCUT2D eigenvalue weighted by Gasteiger charge is 2.39. The standard InChI is InChI=1S/C11H12F3N5/c12-11(13,14)6-19(7-1-2-7)10-9-16-3-4-18(9)5-8(15)17-10/h3-5,7H,1-2,6,15H2. The summed E-state index contributed by atoms with van der Waals surface area (Å²) >= 11 is 0. The van der Waals surface area contributed by atoms with Crippen LogP contribution in [0.4, 0.5) is 24.8 Å². The molecule has 2 N–H and O–H groups in total. The van der Waals surface area contributed by atoms with E-state index in [2.05, 4.69) is 9.97 Å². The van der Waals surface area contributed by atoms with Gasteiger partial charge in [0.15, 0.2) is 11.5 Å². The Labute approximate surface area is 106 Å². The van der Waals surface area contributed by atoms with Gasteiger partial charge in [0.25, 0.3) is 0 Å². The molecule has 8 heteroatoms. The molecule has 19 heavy (non-hydrogen) atoms. The van der Waals surface area contributed by atoms with E-state index in [-0.39, 0.29) is 17.7 Å². The minimum atomic E-state index is -4.28. The first-order valence-electron chi connectivity index (χ1n) is 5.86. The molecule has 0 radical (unpaired) electrons. The van der Waals surface area contributed by atoms with Crippen molar-refractivity contribution < 1.29 is 13.2 Å². The molecular formula is C11H12F3N5. The van der Waals surface area contributed by atoms with E-state index >= 15 is 0 Å². The Morgan fingerprint density at radius 2 is 2.16 bits per heavy atom. The topological polar surface area (TPSA) is 59.5 Å². The van der Waals surface area contributed by atoms with Gasteiger partial charge in [-0.05, 0) is 12.8 Å². The molecule has 0 aliphatic heterocycles. The Morgan fingerprint density at radius 3 is 2.79 bits per heavy atom. The molecule has 2 aromatic heterocycles. The first-order valence-corrected chi connectivity index (χ1v) is 5.86. The highest BCUT2D eigenvalue weighted by Crippen LogP contribution is 2.35. The molecule has 102 valence electrons. The van der Waals surface area contributed by atoms with Crippen LogP contribution in [-0.4, -0.2) is 33.1 Å². The number of hydrogen-bond donors (Lipinski definition) is 1. The van der Waals surface area contributed by atoms with E-state index in [1.807, 2.05) is 0 Å². The summed E-state index contributed by atoms with van der Waals surface area (Å²) in [4.78, 5) is 9.35. The summed E-state index contributed by atoms with van der Waals surface area (Å²) in [5.41, 5.74) is 6.03. The predicted octanol–water partition coefficient (Wildman–Crippen LogP) is 1.84. The second kappa shape index (κ2) is 4.01. The van der Waals surface area contributed by atoms with Gasteiger partial charge in [0.1, 0.15) is 12.4 Å². The summed E-state index contributed by atoms with van der Waals surface area (Å²) in [5.74, 6) is 0.373. The summed E-state index contributed by atoms with van der Waals surface area (Å²) in [7, 11) is 0. The number of nitrogens with zero attached hydrogens (tertiary/aromatic N) is 4. The number of halogens is 3. The molecule has 0 aromatic carbocycles. The van der Waals surface area contributed by atoms with Crippen LogP contribution in [-0.2, 0) is 0 Å². The first-order chi connectivity index (χ1) is 8.94. The Kier molecular flexibility index (Phi) is 2.54. The second-order valence-corrected chi connectivity index (χ2v) is 4.62. The van der Waals surface area contributed by atoms with Gasteiger partial charge in [-0.2, -0.15) is 13.2 Å². The molecule has 1 fully saturated rings. The molecule has 0 amide bonds. The summed E-state index contributed by atoms with van der Waals surface area (Å²) in [6, 6.07) is -0.128. The Hall–Kier alpha value is -1.99. The second-order valence-electron chi connectivity index (χ2n) is 4.62. The van der Waals surface area contributed by atoms with Crippen LogP contribution < -0.4 is 10.6 Å². The number of alkyl halides is 3. The average Bonchev–Trinajstić information content (AvgIpc) is 3.03. The van der Waals surface area contributed by atoms with Crippen LogP contribution in [0.15, 0.2) is 18.6 Å². The third-order valence-electron chi connectivity index (χ3n) is 2.98. The molecule has 0 saturated heterocycles. The van der Waals surface area contributed by atoms with Crippen molar-refractivity contribution in [2.45, 2.75) is 25.1 Å². The quantitative estimate of drug-likeness (QED) is 0.925. The maximum Gasteiger partial charge on any atom is 0.405 e. The number of nitrogen functional groups attached to an aromatic ring is 1. The Bertz CT molecular complexity index is 602. The van der Waals surface area contributed by atoms with E-state index in [0.29, 0.717) is 5.65 Å². The van der Waals surface area contributed by atoms with Gasteiger partial charge in [0.05, 0.1) is 6.20 Å². The lowest BCUT2D eigenvalue weighted by atomic mass is 10.4. The summed E-state index contributed by atoms with van der Waals surface area (Å²) in [6.45, 7) is -1.03. The highest BCUT2D eigenvalue weighted by molar-refractivity contribution is 5.67. The highest BCUT2D eigenvalue weighted by atomic mass is 19.4. The van der Waals surface area contributed by atoms with Crippen molar-refractivity contribution in [2.75, 3.05) is 17.2 Å². The van der Waals surface area contributed by atoms with Gasteiger partial charge in [-0.15, -0.1) is 0 Å². The van der Waals surface area contributed by atoms with Crippen LogP contribution >= 0.6 is 0 Å². The van der Waals surface area contributed by atoms with Gasteiger partial charge in [0.2, 0.25) is 0 Å². The minimum Gasteiger partial charge on any atom is -0.382 e. The van der Waals surface area contributed by atoms with Gasteiger partial charge < -0.3 is 15.0 Å². The number of hydrogen-bond acceptors (Lipinski definition) is 4. The molecule has 0 unspecified atom stereocenters.